The fourth-order valence-corrected chi connectivity index (χ4v) is 3.99. The van der Waals surface area contributed by atoms with Crippen LogP contribution in [-0.2, 0) is 16.1 Å². The van der Waals surface area contributed by atoms with E-state index in [-0.39, 0.29) is 5.91 Å². The number of carbonyl (C=O) groups excluding carboxylic acids is 1. The van der Waals surface area contributed by atoms with Gasteiger partial charge in [0.25, 0.3) is 0 Å². The molecule has 1 N–H and O–H groups in total. The minimum Gasteiger partial charge on any atom is -0.497 e. The standard InChI is InChI=1S/C16H20N4O3S2/c1-22-13-4-2-12(3-5-13)10-17-14(21)11-24-16-19-18-15(25-16)20-6-8-23-9-7-20/h2-5H,6-11H2,1H3,(H,17,21). The fourth-order valence-electron chi connectivity index (χ4n) is 2.27. The molecule has 0 radical (unpaired) electrons. The Bertz CT molecular complexity index is 687. The predicted molar refractivity (Wildman–Crippen MR) is 98.5 cm³/mol. The van der Waals surface area contributed by atoms with Crippen molar-refractivity contribution in [1.29, 1.82) is 0 Å². The van der Waals surface area contributed by atoms with E-state index in [2.05, 4.69) is 20.4 Å². The molecule has 0 spiro atoms. The first-order chi connectivity index (χ1) is 12.2. The molecule has 0 unspecified atom stereocenters. The molecule has 1 aromatic carbocycles. The van der Waals surface area contributed by atoms with Crippen LogP contribution in [0, 0.1) is 0 Å². The molecular weight excluding hydrogens is 360 g/mol. The van der Waals surface area contributed by atoms with Crippen molar-refractivity contribution in [3.63, 3.8) is 0 Å². The summed E-state index contributed by atoms with van der Waals surface area (Å²) >= 11 is 2.93. The van der Waals surface area contributed by atoms with Crippen LogP contribution < -0.4 is 15.0 Å². The molecule has 2 heterocycles. The van der Waals surface area contributed by atoms with Gasteiger partial charge in [-0.2, -0.15) is 0 Å². The van der Waals surface area contributed by atoms with E-state index in [4.69, 9.17) is 9.47 Å². The van der Waals surface area contributed by atoms with Crippen LogP contribution in [0.2, 0.25) is 0 Å². The van der Waals surface area contributed by atoms with Crippen molar-refractivity contribution in [3.05, 3.63) is 29.8 Å². The summed E-state index contributed by atoms with van der Waals surface area (Å²) in [6.07, 6.45) is 0. The molecule has 134 valence electrons. The molecule has 0 aliphatic carbocycles. The van der Waals surface area contributed by atoms with Gasteiger partial charge >= 0.3 is 0 Å². The van der Waals surface area contributed by atoms with Crippen LogP contribution in [0.4, 0.5) is 5.13 Å². The quantitative estimate of drug-likeness (QED) is 0.734. The highest BCUT2D eigenvalue weighted by Gasteiger charge is 2.16. The molecule has 2 aromatic rings. The van der Waals surface area contributed by atoms with Crippen molar-refractivity contribution in [2.24, 2.45) is 0 Å². The van der Waals surface area contributed by atoms with Gasteiger partial charge in [-0.3, -0.25) is 4.79 Å². The molecule has 9 heteroatoms. The van der Waals surface area contributed by atoms with E-state index in [1.807, 2.05) is 24.3 Å². The number of ether oxygens (including phenoxy) is 2. The predicted octanol–water partition coefficient (Wildman–Crippen LogP) is 1.79. The maximum Gasteiger partial charge on any atom is 0.230 e. The largest absolute Gasteiger partial charge is 0.497 e. The van der Waals surface area contributed by atoms with Crippen LogP contribution in [0.5, 0.6) is 5.75 Å². The van der Waals surface area contributed by atoms with Crippen LogP contribution >= 0.6 is 23.1 Å². The number of carbonyl (C=O) groups is 1. The Labute approximate surface area is 154 Å². The summed E-state index contributed by atoms with van der Waals surface area (Å²) in [4.78, 5) is 14.2. The summed E-state index contributed by atoms with van der Waals surface area (Å²) < 4.78 is 11.3. The van der Waals surface area contributed by atoms with E-state index >= 15 is 0 Å². The molecule has 0 bridgehead atoms. The Morgan fingerprint density at radius 1 is 1.32 bits per heavy atom. The molecule has 1 aliphatic heterocycles. The molecule has 0 atom stereocenters. The minimum absolute atomic E-state index is 0.0241. The molecule has 7 nitrogen and oxygen atoms in total. The zero-order chi connectivity index (χ0) is 17.5. The first-order valence-electron chi connectivity index (χ1n) is 7.93. The van der Waals surface area contributed by atoms with Crippen molar-refractivity contribution in [1.82, 2.24) is 15.5 Å². The summed E-state index contributed by atoms with van der Waals surface area (Å²) in [7, 11) is 1.63. The number of rotatable bonds is 7. The number of hydrogen-bond donors (Lipinski definition) is 1. The monoisotopic (exact) mass is 380 g/mol. The first-order valence-corrected chi connectivity index (χ1v) is 9.73. The van der Waals surface area contributed by atoms with E-state index in [1.165, 1.54) is 23.1 Å². The summed E-state index contributed by atoms with van der Waals surface area (Å²) in [5.41, 5.74) is 1.03. The van der Waals surface area contributed by atoms with Gasteiger partial charge in [0, 0.05) is 19.6 Å². The molecule has 1 aliphatic rings. The number of morpholine rings is 1. The molecular formula is C16H20N4O3S2. The zero-order valence-corrected chi connectivity index (χ0v) is 15.6. The van der Waals surface area contributed by atoms with Crippen molar-refractivity contribution < 1.29 is 14.3 Å². The Kier molecular flexibility index (Phi) is 6.48. The smallest absolute Gasteiger partial charge is 0.230 e. The second kappa shape index (κ2) is 9.02. The minimum atomic E-state index is -0.0241. The molecule has 1 fully saturated rings. The number of nitrogens with one attached hydrogen (secondary N) is 1. The Balaban J connectivity index is 1.41. The average Bonchev–Trinajstić information content (AvgIpc) is 3.15. The van der Waals surface area contributed by atoms with Gasteiger partial charge in [0.2, 0.25) is 11.0 Å². The van der Waals surface area contributed by atoms with Gasteiger partial charge in [0.05, 0.1) is 26.1 Å². The highest BCUT2D eigenvalue weighted by atomic mass is 32.2. The molecule has 25 heavy (non-hydrogen) atoms. The number of benzene rings is 1. The van der Waals surface area contributed by atoms with E-state index in [0.717, 1.165) is 47.1 Å². The van der Waals surface area contributed by atoms with Crippen molar-refractivity contribution in [2.75, 3.05) is 44.1 Å². The Morgan fingerprint density at radius 3 is 2.80 bits per heavy atom. The van der Waals surface area contributed by atoms with Crippen LogP contribution in [0.25, 0.3) is 0 Å². The Hall–Kier alpha value is -1.84. The lowest BCUT2D eigenvalue weighted by Crippen LogP contribution is -2.36. The fraction of sp³-hybridized carbons (Fsp3) is 0.438. The van der Waals surface area contributed by atoms with Crippen molar-refractivity contribution >= 4 is 34.1 Å². The number of aromatic nitrogens is 2. The zero-order valence-electron chi connectivity index (χ0n) is 13.9. The summed E-state index contributed by atoms with van der Waals surface area (Å²) in [6.45, 7) is 3.60. The molecule has 1 amide bonds. The molecule has 0 saturated carbocycles. The van der Waals surface area contributed by atoms with E-state index in [1.54, 1.807) is 7.11 Å². The molecule has 3 rings (SSSR count). The maximum absolute atomic E-state index is 12.0. The van der Waals surface area contributed by atoms with Gasteiger partial charge in [-0.15, -0.1) is 10.2 Å². The van der Waals surface area contributed by atoms with Gasteiger partial charge in [-0.1, -0.05) is 35.2 Å². The van der Waals surface area contributed by atoms with Crippen LogP contribution in [0.3, 0.4) is 0 Å². The van der Waals surface area contributed by atoms with Crippen molar-refractivity contribution in [3.8, 4) is 5.75 Å². The maximum atomic E-state index is 12.0. The van der Waals surface area contributed by atoms with Crippen LogP contribution in [0.15, 0.2) is 28.6 Å². The van der Waals surface area contributed by atoms with Gasteiger partial charge in [-0.05, 0) is 17.7 Å². The number of thioether (sulfide) groups is 1. The summed E-state index contributed by atoms with van der Waals surface area (Å²) in [5.74, 6) is 1.11. The third kappa shape index (κ3) is 5.32. The third-order valence-electron chi connectivity index (χ3n) is 3.65. The van der Waals surface area contributed by atoms with Gasteiger partial charge in [-0.25, -0.2) is 0 Å². The average molecular weight is 380 g/mol. The summed E-state index contributed by atoms with van der Waals surface area (Å²) in [5, 5.41) is 12.2. The van der Waals surface area contributed by atoms with Gasteiger partial charge in [0.1, 0.15) is 5.75 Å². The Morgan fingerprint density at radius 2 is 2.08 bits per heavy atom. The summed E-state index contributed by atoms with van der Waals surface area (Å²) in [6, 6.07) is 7.63. The van der Waals surface area contributed by atoms with E-state index in [0.29, 0.717) is 12.3 Å². The molecule has 1 aromatic heterocycles. The van der Waals surface area contributed by atoms with E-state index < -0.39 is 0 Å². The first kappa shape index (κ1) is 18.0. The number of hydrogen-bond acceptors (Lipinski definition) is 8. The number of methoxy groups -OCH3 is 1. The topological polar surface area (TPSA) is 76.6 Å². The van der Waals surface area contributed by atoms with E-state index in [9.17, 15) is 4.79 Å². The lowest BCUT2D eigenvalue weighted by atomic mass is 10.2. The molecule has 1 saturated heterocycles. The SMILES string of the molecule is COc1ccc(CNC(=O)CSc2nnc(N3CCOCC3)s2)cc1. The van der Waals surface area contributed by atoms with Gasteiger partial charge in [0.15, 0.2) is 4.34 Å². The normalized spacial score (nSPS) is 14.4. The van der Waals surface area contributed by atoms with Crippen LogP contribution in [-0.4, -0.2) is 55.3 Å². The lowest BCUT2D eigenvalue weighted by molar-refractivity contribution is -0.118. The second-order valence-electron chi connectivity index (χ2n) is 5.36. The highest BCUT2D eigenvalue weighted by molar-refractivity contribution is 8.01. The number of amides is 1. The number of nitrogens with zero attached hydrogens (tertiary/aromatic N) is 3. The third-order valence-corrected chi connectivity index (χ3v) is 5.77. The van der Waals surface area contributed by atoms with Gasteiger partial charge < -0.3 is 19.7 Å². The van der Waals surface area contributed by atoms with Crippen LogP contribution in [0.1, 0.15) is 5.56 Å². The highest BCUT2D eigenvalue weighted by Crippen LogP contribution is 2.28. The van der Waals surface area contributed by atoms with Crippen molar-refractivity contribution in [2.45, 2.75) is 10.9 Å². The number of anilines is 1. The lowest BCUT2D eigenvalue weighted by Gasteiger charge is -2.25. The second-order valence-corrected chi connectivity index (χ2v) is 7.54.